The second kappa shape index (κ2) is 11.4. The molecule has 0 saturated carbocycles. The molecule has 2 heterocycles. The SMILES string of the molecule is N#CCc1ccccc1.c1ccc(-c2onc3ccc(Oc4ccc5noc(-c6ccccc6)c5c4)cc23)cc1. The summed E-state index contributed by atoms with van der Waals surface area (Å²) in [4.78, 5) is 0. The van der Waals surface area contributed by atoms with Gasteiger partial charge in [0, 0.05) is 11.1 Å². The van der Waals surface area contributed by atoms with Gasteiger partial charge in [-0.05, 0) is 42.0 Å². The molecule has 6 heteroatoms. The van der Waals surface area contributed by atoms with Gasteiger partial charge in [0.15, 0.2) is 11.5 Å². The van der Waals surface area contributed by atoms with Crippen molar-refractivity contribution in [1.82, 2.24) is 10.3 Å². The van der Waals surface area contributed by atoms with Gasteiger partial charge >= 0.3 is 0 Å². The molecule has 0 bridgehead atoms. The molecule has 6 nitrogen and oxygen atoms in total. The van der Waals surface area contributed by atoms with Gasteiger partial charge in [-0.15, -0.1) is 0 Å². The van der Waals surface area contributed by atoms with Gasteiger partial charge in [0.1, 0.15) is 22.5 Å². The first-order chi connectivity index (χ1) is 19.8. The molecule has 0 radical (unpaired) electrons. The maximum atomic E-state index is 8.27. The fourth-order valence-electron chi connectivity index (χ4n) is 4.39. The van der Waals surface area contributed by atoms with Gasteiger partial charge in [0.2, 0.25) is 0 Å². The fraction of sp³-hybridized carbons (Fsp3) is 0.0294. The Morgan fingerprint density at radius 3 is 1.48 bits per heavy atom. The van der Waals surface area contributed by atoms with Crippen molar-refractivity contribution < 1.29 is 13.8 Å². The zero-order valence-electron chi connectivity index (χ0n) is 21.4. The molecule has 2 aromatic heterocycles. The highest BCUT2D eigenvalue weighted by Crippen LogP contribution is 2.35. The molecular formula is C34H23N3O3. The lowest BCUT2D eigenvalue weighted by atomic mass is 10.1. The molecule has 7 aromatic rings. The Kier molecular flexibility index (Phi) is 7.01. The Labute approximate surface area is 230 Å². The third-order valence-electron chi connectivity index (χ3n) is 6.33. The molecule has 0 spiro atoms. The number of benzene rings is 5. The lowest BCUT2D eigenvalue weighted by Crippen LogP contribution is -1.85. The van der Waals surface area contributed by atoms with Crippen LogP contribution in [0.25, 0.3) is 44.5 Å². The smallest absolute Gasteiger partial charge is 0.174 e. The third kappa shape index (κ3) is 5.31. The Bertz CT molecular complexity index is 1790. The Balaban J connectivity index is 0.000000276. The van der Waals surface area contributed by atoms with E-state index in [4.69, 9.17) is 19.0 Å². The minimum absolute atomic E-state index is 0.515. The van der Waals surface area contributed by atoms with Crippen LogP contribution >= 0.6 is 0 Å². The first-order valence-corrected chi connectivity index (χ1v) is 12.8. The van der Waals surface area contributed by atoms with Crippen LogP contribution in [0.4, 0.5) is 0 Å². The van der Waals surface area contributed by atoms with Crippen molar-refractivity contribution >= 4 is 21.8 Å². The highest BCUT2D eigenvalue weighted by atomic mass is 16.5. The molecule has 0 aliphatic carbocycles. The quantitative estimate of drug-likeness (QED) is 0.225. The van der Waals surface area contributed by atoms with Crippen LogP contribution in [0.15, 0.2) is 136 Å². The topological polar surface area (TPSA) is 85.1 Å². The molecular weight excluding hydrogens is 498 g/mol. The van der Waals surface area contributed by atoms with Crippen molar-refractivity contribution in [1.29, 1.82) is 5.26 Å². The number of hydrogen-bond donors (Lipinski definition) is 0. The van der Waals surface area contributed by atoms with E-state index in [9.17, 15) is 0 Å². The molecule has 0 N–H and O–H groups in total. The van der Waals surface area contributed by atoms with Crippen molar-refractivity contribution in [2.75, 3.05) is 0 Å². The van der Waals surface area contributed by atoms with E-state index in [2.05, 4.69) is 16.4 Å². The first-order valence-electron chi connectivity index (χ1n) is 12.8. The predicted molar refractivity (Wildman–Crippen MR) is 155 cm³/mol. The summed E-state index contributed by atoms with van der Waals surface area (Å²) in [5.74, 6) is 2.85. The van der Waals surface area contributed by atoms with Gasteiger partial charge in [-0.1, -0.05) is 101 Å². The maximum Gasteiger partial charge on any atom is 0.174 e. The van der Waals surface area contributed by atoms with E-state index in [1.165, 1.54) is 0 Å². The van der Waals surface area contributed by atoms with Crippen LogP contribution in [0.3, 0.4) is 0 Å². The van der Waals surface area contributed by atoms with Gasteiger partial charge in [-0.3, -0.25) is 0 Å². The predicted octanol–water partition coefficient (Wildman–Crippen LogP) is 8.85. The average Bonchev–Trinajstić information content (AvgIpc) is 3.63. The summed E-state index contributed by atoms with van der Waals surface area (Å²) < 4.78 is 17.4. The molecule has 0 aliphatic heterocycles. The number of hydrogen-bond acceptors (Lipinski definition) is 6. The van der Waals surface area contributed by atoms with Crippen LogP contribution < -0.4 is 4.74 Å². The van der Waals surface area contributed by atoms with Gasteiger partial charge < -0.3 is 13.8 Å². The van der Waals surface area contributed by atoms with Crippen molar-refractivity contribution in [2.45, 2.75) is 6.42 Å². The highest BCUT2D eigenvalue weighted by Gasteiger charge is 2.14. The van der Waals surface area contributed by atoms with Gasteiger partial charge in [0.05, 0.1) is 23.3 Å². The largest absolute Gasteiger partial charge is 0.457 e. The molecule has 40 heavy (non-hydrogen) atoms. The molecule has 0 aliphatic rings. The standard InChI is InChI=1S/C26H16N2O3.C8H7N/c1-3-7-17(8-4-1)25-21-15-19(11-13-23(21)27-30-25)29-20-12-14-24-22(16-20)26(31-28-24)18-9-5-2-6-10-18;9-7-6-8-4-2-1-3-5-8/h1-16H;1-5H,6H2. The summed E-state index contributed by atoms with van der Waals surface area (Å²) in [7, 11) is 0. The maximum absolute atomic E-state index is 8.27. The Morgan fingerprint density at radius 2 is 1.02 bits per heavy atom. The van der Waals surface area contributed by atoms with E-state index in [0.717, 1.165) is 50.0 Å². The van der Waals surface area contributed by atoms with Crippen molar-refractivity contribution in [3.8, 4) is 40.2 Å². The highest BCUT2D eigenvalue weighted by molar-refractivity contribution is 5.93. The van der Waals surface area contributed by atoms with Crippen LogP contribution in [-0.2, 0) is 6.42 Å². The molecule has 0 atom stereocenters. The van der Waals surface area contributed by atoms with E-state index in [0.29, 0.717) is 17.9 Å². The number of rotatable bonds is 5. The number of aromatic nitrogens is 2. The molecule has 0 saturated heterocycles. The molecule has 0 fully saturated rings. The van der Waals surface area contributed by atoms with Crippen LogP contribution in [0.2, 0.25) is 0 Å². The lowest BCUT2D eigenvalue weighted by Gasteiger charge is -2.06. The van der Waals surface area contributed by atoms with E-state index >= 15 is 0 Å². The second-order valence-electron chi connectivity index (χ2n) is 9.04. The van der Waals surface area contributed by atoms with Crippen LogP contribution in [-0.4, -0.2) is 10.3 Å². The van der Waals surface area contributed by atoms with Gasteiger partial charge in [-0.2, -0.15) is 5.26 Å². The monoisotopic (exact) mass is 521 g/mol. The van der Waals surface area contributed by atoms with Crippen LogP contribution in [0, 0.1) is 11.3 Å². The van der Waals surface area contributed by atoms with Crippen molar-refractivity contribution in [3.63, 3.8) is 0 Å². The molecule has 0 amide bonds. The lowest BCUT2D eigenvalue weighted by molar-refractivity contribution is 0.441. The zero-order chi connectivity index (χ0) is 27.1. The number of nitriles is 1. The Morgan fingerprint density at radius 1 is 0.575 bits per heavy atom. The van der Waals surface area contributed by atoms with E-state index in [1.54, 1.807) is 0 Å². The molecule has 0 unspecified atom stereocenters. The minimum atomic E-state index is 0.515. The second-order valence-corrected chi connectivity index (χ2v) is 9.04. The zero-order valence-corrected chi connectivity index (χ0v) is 21.4. The molecule has 7 rings (SSSR count). The number of ether oxygens (including phenoxy) is 1. The first kappa shape index (κ1) is 24.7. The summed E-state index contributed by atoms with van der Waals surface area (Å²) in [6.45, 7) is 0. The number of nitrogens with zero attached hydrogens (tertiary/aromatic N) is 3. The summed E-state index contributed by atoms with van der Waals surface area (Å²) in [6, 6.07) is 43.1. The minimum Gasteiger partial charge on any atom is -0.457 e. The van der Waals surface area contributed by atoms with Crippen LogP contribution in [0.5, 0.6) is 11.5 Å². The van der Waals surface area contributed by atoms with Crippen molar-refractivity contribution in [3.05, 3.63) is 133 Å². The van der Waals surface area contributed by atoms with E-state index in [-0.39, 0.29) is 0 Å². The van der Waals surface area contributed by atoms with Gasteiger partial charge in [-0.25, -0.2) is 0 Å². The summed E-state index contributed by atoms with van der Waals surface area (Å²) >= 11 is 0. The summed E-state index contributed by atoms with van der Waals surface area (Å²) in [5, 5.41) is 18.4. The normalized spacial score (nSPS) is 10.6. The van der Waals surface area contributed by atoms with Crippen LogP contribution in [0.1, 0.15) is 5.56 Å². The van der Waals surface area contributed by atoms with Gasteiger partial charge in [0.25, 0.3) is 0 Å². The average molecular weight is 522 g/mol. The van der Waals surface area contributed by atoms with E-state index < -0.39 is 0 Å². The fourth-order valence-corrected chi connectivity index (χ4v) is 4.39. The summed E-state index contributed by atoms with van der Waals surface area (Å²) in [6.07, 6.45) is 0.515. The number of fused-ring (bicyclic) bond motifs is 2. The Hall–Kier alpha value is -5.67. The van der Waals surface area contributed by atoms with E-state index in [1.807, 2.05) is 127 Å². The molecule has 5 aromatic carbocycles. The summed E-state index contributed by atoms with van der Waals surface area (Å²) in [5.41, 5.74) is 4.60. The molecule has 192 valence electrons. The third-order valence-corrected chi connectivity index (χ3v) is 6.33. The van der Waals surface area contributed by atoms with Crippen molar-refractivity contribution in [2.24, 2.45) is 0 Å².